The van der Waals surface area contributed by atoms with Gasteiger partial charge in [0.1, 0.15) is 6.61 Å². The van der Waals surface area contributed by atoms with Crippen molar-refractivity contribution in [2.75, 3.05) is 13.2 Å². The smallest absolute Gasteiger partial charge is 0.313 e. The topological polar surface area (TPSA) is 78.4 Å². The number of nitrogens with two attached hydrogens (primary N) is 1. The van der Waals surface area contributed by atoms with E-state index in [1.807, 2.05) is 0 Å². The summed E-state index contributed by atoms with van der Waals surface area (Å²) < 4.78 is 5.31. The number of hydrogen-bond donors (Lipinski definition) is 1. The maximum Gasteiger partial charge on any atom is 0.313 e. The molecular formula is C11H14N2O3. The van der Waals surface area contributed by atoms with Gasteiger partial charge in [-0.15, -0.1) is 0 Å². The Balaban J connectivity index is 2.91. The average molecular weight is 222 g/mol. The fourth-order valence-electron chi connectivity index (χ4n) is 1.22. The Kier molecular flexibility index (Phi) is 4.02. The van der Waals surface area contributed by atoms with Crippen LogP contribution in [0.5, 0.6) is 5.75 Å². The molecule has 86 valence electrons. The van der Waals surface area contributed by atoms with E-state index in [4.69, 9.17) is 10.5 Å². The first kappa shape index (κ1) is 12.2. The highest BCUT2D eigenvalue weighted by Crippen LogP contribution is 2.30. The van der Waals surface area contributed by atoms with E-state index in [0.29, 0.717) is 17.7 Å². The lowest BCUT2D eigenvalue weighted by Crippen LogP contribution is -2.10. The molecule has 0 bridgehead atoms. The zero-order valence-corrected chi connectivity index (χ0v) is 9.10. The van der Waals surface area contributed by atoms with Gasteiger partial charge in [0.25, 0.3) is 0 Å². The van der Waals surface area contributed by atoms with Crippen LogP contribution in [0.2, 0.25) is 0 Å². The fourth-order valence-corrected chi connectivity index (χ4v) is 1.22. The molecule has 0 fully saturated rings. The van der Waals surface area contributed by atoms with Crippen LogP contribution in [0.1, 0.15) is 5.56 Å². The molecule has 16 heavy (non-hydrogen) atoms. The number of hydrogen-bond acceptors (Lipinski definition) is 4. The number of rotatable bonds is 5. The lowest BCUT2D eigenvalue weighted by molar-refractivity contribution is -0.386. The highest BCUT2D eigenvalue weighted by molar-refractivity contribution is 5.52. The summed E-state index contributed by atoms with van der Waals surface area (Å²) in [7, 11) is 0. The molecule has 5 heteroatoms. The highest BCUT2D eigenvalue weighted by Gasteiger charge is 2.17. The molecule has 0 aliphatic carbocycles. The van der Waals surface area contributed by atoms with E-state index in [-0.39, 0.29) is 18.0 Å². The first-order valence-corrected chi connectivity index (χ1v) is 4.79. The van der Waals surface area contributed by atoms with Crippen molar-refractivity contribution < 1.29 is 9.66 Å². The largest absolute Gasteiger partial charge is 0.482 e. The molecule has 0 aliphatic heterocycles. The van der Waals surface area contributed by atoms with Crippen LogP contribution in [0.3, 0.4) is 0 Å². The zero-order valence-electron chi connectivity index (χ0n) is 9.10. The Morgan fingerprint density at radius 3 is 2.88 bits per heavy atom. The maximum atomic E-state index is 10.8. The van der Waals surface area contributed by atoms with Crippen LogP contribution in [-0.4, -0.2) is 18.1 Å². The van der Waals surface area contributed by atoms with Gasteiger partial charge in [-0.25, -0.2) is 0 Å². The van der Waals surface area contributed by atoms with Crippen molar-refractivity contribution in [3.63, 3.8) is 0 Å². The molecule has 2 N–H and O–H groups in total. The van der Waals surface area contributed by atoms with Crippen molar-refractivity contribution in [1.29, 1.82) is 0 Å². The minimum absolute atomic E-state index is 0.00711. The summed E-state index contributed by atoms with van der Waals surface area (Å²) in [4.78, 5) is 10.4. The molecule has 1 aromatic carbocycles. The molecule has 0 radical (unpaired) electrons. The Morgan fingerprint density at radius 1 is 1.62 bits per heavy atom. The standard InChI is InChI=1S/C11H14N2O3/c1-8(6-12)7-16-10-5-3-4-9(2)11(10)13(14)15/h3-5H,1,6-7,12H2,2H3. The van der Waals surface area contributed by atoms with Crippen molar-refractivity contribution in [2.24, 2.45) is 5.73 Å². The zero-order chi connectivity index (χ0) is 12.1. The van der Waals surface area contributed by atoms with Gasteiger partial charge in [0.2, 0.25) is 0 Å². The van der Waals surface area contributed by atoms with Crippen molar-refractivity contribution >= 4 is 5.69 Å². The second-order valence-electron chi connectivity index (χ2n) is 3.42. The molecule has 0 aromatic heterocycles. The fraction of sp³-hybridized carbons (Fsp3) is 0.273. The van der Waals surface area contributed by atoms with E-state index in [9.17, 15) is 10.1 Å². The number of ether oxygens (including phenoxy) is 1. The van der Waals surface area contributed by atoms with Crippen LogP contribution in [0.15, 0.2) is 30.4 Å². The number of benzene rings is 1. The van der Waals surface area contributed by atoms with E-state index in [0.717, 1.165) is 0 Å². The van der Waals surface area contributed by atoms with Gasteiger partial charge >= 0.3 is 5.69 Å². The third-order valence-corrected chi connectivity index (χ3v) is 2.10. The third-order valence-electron chi connectivity index (χ3n) is 2.10. The Morgan fingerprint density at radius 2 is 2.31 bits per heavy atom. The molecule has 0 atom stereocenters. The predicted molar refractivity (Wildman–Crippen MR) is 61.5 cm³/mol. The van der Waals surface area contributed by atoms with Crippen LogP contribution in [0.4, 0.5) is 5.69 Å². The molecule has 0 saturated carbocycles. The van der Waals surface area contributed by atoms with Crippen molar-refractivity contribution in [1.82, 2.24) is 0 Å². The summed E-state index contributed by atoms with van der Waals surface area (Å²) in [6, 6.07) is 4.94. The third kappa shape index (κ3) is 2.80. The molecule has 0 saturated heterocycles. The van der Waals surface area contributed by atoms with Crippen LogP contribution in [-0.2, 0) is 0 Å². The normalized spacial score (nSPS) is 9.88. The quantitative estimate of drug-likeness (QED) is 0.468. The molecule has 0 aliphatic rings. The number of nitro benzene ring substituents is 1. The molecule has 0 heterocycles. The van der Waals surface area contributed by atoms with E-state index < -0.39 is 4.92 Å². The first-order valence-electron chi connectivity index (χ1n) is 4.79. The molecular weight excluding hydrogens is 208 g/mol. The summed E-state index contributed by atoms with van der Waals surface area (Å²) in [5, 5.41) is 10.8. The highest BCUT2D eigenvalue weighted by atomic mass is 16.6. The molecule has 0 unspecified atom stereocenters. The molecule has 0 spiro atoms. The van der Waals surface area contributed by atoms with Gasteiger partial charge < -0.3 is 10.5 Å². The van der Waals surface area contributed by atoms with Crippen molar-refractivity contribution in [2.45, 2.75) is 6.92 Å². The lowest BCUT2D eigenvalue weighted by atomic mass is 10.2. The van der Waals surface area contributed by atoms with Gasteiger partial charge in [-0.2, -0.15) is 0 Å². The second kappa shape index (κ2) is 5.27. The van der Waals surface area contributed by atoms with E-state index in [1.54, 1.807) is 25.1 Å². The van der Waals surface area contributed by atoms with Gasteiger partial charge in [0.15, 0.2) is 5.75 Å². The van der Waals surface area contributed by atoms with Crippen LogP contribution >= 0.6 is 0 Å². The summed E-state index contributed by atoms with van der Waals surface area (Å²) in [6.07, 6.45) is 0. The summed E-state index contributed by atoms with van der Waals surface area (Å²) in [5.74, 6) is 0.250. The number of aryl methyl sites for hydroxylation is 1. The molecule has 5 nitrogen and oxygen atoms in total. The van der Waals surface area contributed by atoms with Gasteiger partial charge in [-0.1, -0.05) is 18.7 Å². The van der Waals surface area contributed by atoms with Crippen molar-refractivity contribution in [3.05, 3.63) is 46.0 Å². The first-order chi connectivity index (χ1) is 7.56. The Bertz CT molecular complexity index is 416. The number of nitro groups is 1. The van der Waals surface area contributed by atoms with E-state index in [2.05, 4.69) is 6.58 Å². The lowest BCUT2D eigenvalue weighted by Gasteiger charge is -2.08. The van der Waals surface area contributed by atoms with Crippen LogP contribution in [0, 0.1) is 17.0 Å². The Labute approximate surface area is 93.7 Å². The van der Waals surface area contributed by atoms with Crippen LogP contribution in [0.25, 0.3) is 0 Å². The molecule has 1 rings (SSSR count). The summed E-state index contributed by atoms with van der Waals surface area (Å²) in [5.41, 5.74) is 6.60. The predicted octanol–water partition coefficient (Wildman–Crippen LogP) is 1.80. The van der Waals surface area contributed by atoms with Crippen LogP contribution < -0.4 is 10.5 Å². The van der Waals surface area contributed by atoms with Gasteiger partial charge in [-0.3, -0.25) is 10.1 Å². The van der Waals surface area contributed by atoms with E-state index >= 15 is 0 Å². The van der Waals surface area contributed by atoms with E-state index in [1.165, 1.54) is 0 Å². The molecule has 0 amide bonds. The SMILES string of the molecule is C=C(CN)COc1cccc(C)c1[N+](=O)[O-]. The summed E-state index contributed by atoms with van der Waals surface area (Å²) >= 11 is 0. The Hall–Kier alpha value is -1.88. The monoisotopic (exact) mass is 222 g/mol. The summed E-state index contributed by atoms with van der Waals surface area (Å²) in [6.45, 7) is 5.84. The minimum Gasteiger partial charge on any atom is -0.482 e. The minimum atomic E-state index is -0.449. The maximum absolute atomic E-state index is 10.8. The molecule has 1 aromatic rings. The second-order valence-corrected chi connectivity index (χ2v) is 3.42. The number of para-hydroxylation sites is 1. The van der Waals surface area contributed by atoms with Gasteiger partial charge in [0.05, 0.1) is 4.92 Å². The van der Waals surface area contributed by atoms with Gasteiger partial charge in [0, 0.05) is 12.1 Å². The van der Waals surface area contributed by atoms with Crippen molar-refractivity contribution in [3.8, 4) is 5.75 Å². The van der Waals surface area contributed by atoms with Gasteiger partial charge in [-0.05, 0) is 18.6 Å². The average Bonchev–Trinajstić information content (AvgIpc) is 2.25. The number of nitrogens with zero attached hydrogens (tertiary/aromatic N) is 1.